The van der Waals surface area contributed by atoms with Gasteiger partial charge in [-0.2, -0.15) is 18.3 Å². The normalized spacial score (nSPS) is 11.5. The second-order valence-corrected chi connectivity index (χ2v) is 7.90. The van der Waals surface area contributed by atoms with Gasteiger partial charge in [-0.3, -0.25) is 14.9 Å². The summed E-state index contributed by atoms with van der Waals surface area (Å²) < 4.78 is 50.1. The quantitative estimate of drug-likeness (QED) is 0.157. The van der Waals surface area contributed by atoms with Gasteiger partial charge in [-0.05, 0) is 59.7 Å². The zero-order valence-corrected chi connectivity index (χ0v) is 19.9. The van der Waals surface area contributed by atoms with E-state index < -0.39 is 28.3 Å². The molecule has 8 nitrogen and oxygen atoms in total. The first-order valence-corrected chi connectivity index (χ1v) is 11.3. The fraction of sp³-hybridized carbons (Fsp3) is 0.111. The monoisotopic (exact) mass is 523 g/mol. The molecule has 11 heteroatoms. The molecule has 38 heavy (non-hydrogen) atoms. The predicted molar refractivity (Wildman–Crippen MR) is 135 cm³/mol. The van der Waals surface area contributed by atoms with Crippen LogP contribution < -0.4 is 14.9 Å². The third-order valence-electron chi connectivity index (χ3n) is 5.38. The zero-order chi connectivity index (χ0) is 27.3. The van der Waals surface area contributed by atoms with Crippen molar-refractivity contribution in [3.05, 3.63) is 106 Å². The number of hydrazone groups is 1. The smallest absolute Gasteiger partial charge is 0.416 e. The van der Waals surface area contributed by atoms with Crippen LogP contribution in [0.2, 0.25) is 0 Å². The molecule has 0 saturated heterocycles. The van der Waals surface area contributed by atoms with Crippen LogP contribution in [-0.2, 0) is 6.18 Å². The van der Waals surface area contributed by atoms with Gasteiger partial charge >= 0.3 is 11.9 Å². The Balaban J connectivity index is 1.54. The number of carbonyl (C=O) groups excluding carboxylic acids is 1. The van der Waals surface area contributed by atoms with Crippen LogP contribution in [0.5, 0.6) is 17.2 Å². The molecule has 4 rings (SSSR count). The van der Waals surface area contributed by atoms with E-state index in [2.05, 4.69) is 10.5 Å². The molecule has 0 unspecified atom stereocenters. The first kappa shape index (κ1) is 26.1. The molecule has 0 atom stereocenters. The molecule has 0 aliphatic rings. The Morgan fingerprint density at radius 1 is 1.00 bits per heavy atom. The highest BCUT2D eigenvalue weighted by molar-refractivity contribution is 6.07. The third kappa shape index (κ3) is 5.89. The maximum absolute atomic E-state index is 13.0. The van der Waals surface area contributed by atoms with E-state index in [-0.39, 0.29) is 23.9 Å². The van der Waals surface area contributed by atoms with Crippen LogP contribution in [0.3, 0.4) is 0 Å². The predicted octanol–water partition coefficient (Wildman–Crippen LogP) is 6.72. The highest BCUT2D eigenvalue weighted by Crippen LogP contribution is 2.40. The summed E-state index contributed by atoms with van der Waals surface area (Å²) in [5.41, 5.74) is 1.42. The van der Waals surface area contributed by atoms with Gasteiger partial charge in [0, 0.05) is 11.6 Å². The van der Waals surface area contributed by atoms with Crippen LogP contribution in [0.25, 0.3) is 10.8 Å². The molecule has 1 N–H and O–H groups in total. The Morgan fingerprint density at radius 3 is 2.47 bits per heavy atom. The van der Waals surface area contributed by atoms with E-state index in [1.807, 2.05) is 30.3 Å². The molecule has 0 radical (unpaired) electrons. The Bertz CT molecular complexity index is 1530. The van der Waals surface area contributed by atoms with Crippen molar-refractivity contribution in [1.82, 2.24) is 5.43 Å². The van der Waals surface area contributed by atoms with Crippen molar-refractivity contribution in [2.24, 2.45) is 5.10 Å². The summed E-state index contributed by atoms with van der Waals surface area (Å²) in [6, 6.07) is 19.3. The summed E-state index contributed by atoms with van der Waals surface area (Å²) in [5, 5.41) is 17.1. The van der Waals surface area contributed by atoms with Crippen LogP contribution >= 0.6 is 0 Å². The summed E-state index contributed by atoms with van der Waals surface area (Å²) in [4.78, 5) is 23.1. The molecule has 0 saturated carbocycles. The van der Waals surface area contributed by atoms with Crippen molar-refractivity contribution in [2.45, 2.75) is 13.1 Å². The van der Waals surface area contributed by atoms with Crippen molar-refractivity contribution in [3.63, 3.8) is 0 Å². The second-order valence-electron chi connectivity index (χ2n) is 7.90. The molecule has 0 fully saturated rings. The van der Waals surface area contributed by atoms with E-state index in [1.165, 1.54) is 18.3 Å². The summed E-state index contributed by atoms with van der Waals surface area (Å²) in [6.07, 6.45) is -3.38. The lowest BCUT2D eigenvalue weighted by Crippen LogP contribution is -2.17. The number of nitrogens with one attached hydrogen (secondary N) is 1. The van der Waals surface area contributed by atoms with Gasteiger partial charge < -0.3 is 9.47 Å². The van der Waals surface area contributed by atoms with Crippen molar-refractivity contribution >= 4 is 28.6 Å². The van der Waals surface area contributed by atoms with Gasteiger partial charge in [0.2, 0.25) is 5.75 Å². The molecule has 0 aromatic heterocycles. The third-order valence-corrected chi connectivity index (χ3v) is 5.38. The number of alkyl halides is 3. The number of rotatable bonds is 8. The van der Waals surface area contributed by atoms with Crippen molar-refractivity contribution in [2.75, 3.05) is 6.61 Å². The number of halogens is 3. The largest absolute Gasteiger partial charge is 0.490 e. The van der Waals surface area contributed by atoms with Crippen LogP contribution in [0.1, 0.15) is 28.4 Å². The van der Waals surface area contributed by atoms with Crippen molar-refractivity contribution in [3.8, 4) is 17.2 Å². The highest BCUT2D eigenvalue weighted by atomic mass is 19.4. The summed E-state index contributed by atoms with van der Waals surface area (Å²) >= 11 is 0. The second kappa shape index (κ2) is 11.0. The Kier molecular flexibility index (Phi) is 7.56. The summed E-state index contributed by atoms with van der Waals surface area (Å²) in [7, 11) is 0. The van der Waals surface area contributed by atoms with Crippen LogP contribution in [0.15, 0.2) is 84.0 Å². The topological polar surface area (TPSA) is 103 Å². The van der Waals surface area contributed by atoms with Crippen LogP contribution in [-0.4, -0.2) is 23.7 Å². The number of fused-ring (bicyclic) bond motifs is 1. The molecule has 0 spiro atoms. The first-order chi connectivity index (χ1) is 18.2. The van der Waals surface area contributed by atoms with Gasteiger partial charge in [0.05, 0.1) is 23.3 Å². The van der Waals surface area contributed by atoms with E-state index in [4.69, 9.17) is 9.47 Å². The Hall–Kier alpha value is -4.93. The number of amides is 1. The maximum atomic E-state index is 13.0. The van der Waals surface area contributed by atoms with Gasteiger partial charge in [-0.1, -0.05) is 36.4 Å². The average Bonchev–Trinajstić information content (AvgIpc) is 2.89. The van der Waals surface area contributed by atoms with E-state index >= 15 is 0 Å². The van der Waals surface area contributed by atoms with Gasteiger partial charge in [-0.15, -0.1) is 0 Å². The minimum atomic E-state index is -4.75. The van der Waals surface area contributed by atoms with Crippen molar-refractivity contribution in [1.29, 1.82) is 0 Å². The van der Waals surface area contributed by atoms with E-state index in [1.54, 1.807) is 25.1 Å². The number of carbonyl (C=O) groups is 1. The minimum Gasteiger partial charge on any atom is -0.490 e. The number of hydrogen-bond donors (Lipinski definition) is 1. The van der Waals surface area contributed by atoms with Crippen molar-refractivity contribution < 1.29 is 32.4 Å². The maximum Gasteiger partial charge on any atom is 0.416 e. The zero-order valence-electron chi connectivity index (χ0n) is 19.9. The molecule has 4 aromatic rings. The minimum absolute atomic E-state index is 0.0478. The Labute approximate surface area is 214 Å². The molecule has 0 aliphatic heterocycles. The highest BCUT2D eigenvalue weighted by Gasteiger charge is 2.33. The van der Waals surface area contributed by atoms with Gasteiger partial charge in [0.25, 0.3) is 5.91 Å². The average molecular weight is 523 g/mol. The number of ether oxygens (including phenoxy) is 2. The lowest BCUT2D eigenvalue weighted by atomic mass is 10.0. The molecule has 4 aromatic carbocycles. The van der Waals surface area contributed by atoms with Crippen LogP contribution in [0.4, 0.5) is 18.9 Å². The molecule has 0 aliphatic carbocycles. The number of nitro groups is 1. The lowest BCUT2D eigenvalue weighted by molar-refractivity contribution is -0.385. The van der Waals surface area contributed by atoms with E-state index in [0.717, 1.165) is 16.8 Å². The summed E-state index contributed by atoms with van der Waals surface area (Å²) in [5.74, 6) is -0.567. The van der Waals surface area contributed by atoms with Crippen LogP contribution in [0, 0.1) is 10.1 Å². The lowest BCUT2D eigenvalue weighted by Gasteiger charge is -2.13. The standard InChI is InChI=1S/C27H20F3N3O5/c1-2-37-25-14-17(16-31-32-26(34)21-9-5-7-18-6-3-4-8-20(18)21)10-12-24(25)38-23-13-11-19(27(28,29)30)15-22(23)33(35)36/h3-16H,2H2,1H3,(H,32,34)/b31-16+. The molecule has 194 valence electrons. The molecular weight excluding hydrogens is 503 g/mol. The molecular formula is C27H20F3N3O5. The Morgan fingerprint density at radius 2 is 1.74 bits per heavy atom. The number of hydrogen-bond acceptors (Lipinski definition) is 6. The summed E-state index contributed by atoms with van der Waals surface area (Å²) in [6.45, 7) is 1.92. The van der Waals surface area contributed by atoms with E-state index in [9.17, 15) is 28.1 Å². The fourth-order valence-electron chi connectivity index (χ4n) is 3.65. The van der Waals surface area contributed by atoms with Gasteiger partial charge in [-0.25, -0.2) is 5.43 Å². The number of nitrogens with zero attached hydrogens (tertiary/aromatic N) is 2. The molecule has 0 heterocycles. The first-order valence-electron chi connectivity index (χ1n) is 11.3. The van der Waals surface area contributed by atoms with E-state index in [0.29, 0.717) is 23.3 Å². The fourth-order valence-corrected chi connectivity index (χ4v) is 3.65. The SMILES string of the molecule is CCOc1cc(/C=N/NC(=O)c2cccc3ccccc23)ccc1Oc1ccc(C(F)(F)F)cc1[N+](=O)[O-]. The molecule has 1 amide bonds. The van der Waals surface area contributed by atoms with Gasteiger partial charge in [0.1, 0.15) is 0 Å². The number of benzene rings is 4. The van der Waals surface area contributed by atoms with Gasteiger partial charge in [0.15, 0.2) is 11.5 Å². The molecule has 0 bridgehead atoms. The number of nitro benzene ring substituents is 1.